The first kappa shape index (κ1) is 19.5. The predicted molar refractivity (Wildman–Crippen MR) is 104 cm³/mol. The highest BCUT2D eigenvalue weighted by molar-refractivity contribution is 5.96. The van der Waals surface area contributed by atoms with Gasteiger partial charge in [-0.15, -0.1) is 0 Å². The maximum Gasteiger partial charge on any atom is 0.262 e. The Kier molecular flexibility index (Phi) is 6.39. The van der Waals surface area contributed by atoms with Crippen molar-refractivity contribution in [1.82, 2.24) is 5.32 Å². The molecule has 0 aromatic heterocycles. The summed E-state index contributed by atoms with van der Waals surface area (Å²) in [4.78, 5) is 23.7. The highest BCUT2D eigenvalue weighted by atomic mass is 16.5. The summed E-state index contributed by atoms with van der Waals surface area (Å²) in [5, 5.41) is 5.48. The van der Waals surface area contributed by atoms with E-state index in [1.165, 1.54) is 5.56 Å². The molecule has 0 radical (unpaired) electrons. The summed E-state index contributed by atoms with van der Waals surface area (Å²) in [7, 11) is 0. The minimum Gasteiger partial charge on any atom is -0.484 e. The molecule has 0 saturated heterocycles. The van der Waals surface area contributed by atoms with Crippen molar-refractivity contribution >= 4 is 17.5 Å². The number of hydrogen-bond acceptors (Lipinski definition) is 3. The van der Waals surface area contributed by atoms with E-state index in [1.807, 2.05) is 31.2 Å². The van der Waals surface area contributed by atoms with Crippen LogP contribution in [0.2, 0.25) is 0 Å². The van der Waals surface area contributed by atoms with Crippen LogP contribution in [0.1, 0.15) is 43.6 Å². The van der Waals surface area contributed by atoms with Crippen molar-refractivity contribution in [3.05, 3.63) is 59.7 Å². The van der Waals surface area contributed by atoms with E-state index in [9.17, 15) is 9.59 Å². The van der Waals surface area contributed by atoms with Crippen molar-refractivity contribution < 1.29 is 14.3 Å². The number of anilines is 1. The van der Waals surface area contributed by atoms with E-state index in [-0.39, 0.29) is 23.8 Å². The van der Waals surface area contributed by atoms with Gasteiger partial charge in [0, 0.05) is 17.8 Å². The average molecular weight is 354 g/mol. The number of carbonyl (C=O) groups excluding carboxylic acids is 2. The van der Waals surface area contributed by atoms with E-state index in [2.05, 4.69) is 31.4 Å². The Labute approximate surface area is 154 Å². The van der Waals surface area contributed by atoms with Gasteiger partial charge in [0.05, 0.1) is 0 Å². The predicted octanol–water partition coefficient (Wildman–Crippen LogP) is 3.75. The summed E-state index contributed by atoms with van der Waals surface area (Å²) in [6.07, 6.45) is 0. The molecule has 2 amide bonds. The average Bonchev–Trinajstić information content (AvgIpc) is 2.60. The second-order valence-electron chi connectivity index (χ2n) is 7.05. The molecule has 2 aromatic carbocycles. The smallest absolute Gasteiger partial charge is 0.262 e. The molecule has 0 fully saturated rings. The van der Waals surface area contributed by atoms with Gasteiger partial charge in [-0.1, -0.05) is 32.9 Å². The van der Waals surface area contributed by atoms with Gasteiger partial charge in [0.15, 0.2) is 6.61 Å². The normalized spacial score (nSPS) is 10.9. The molecule has 5 heteroatoms. The number of benzene rings is 2. The SMILES string of the molecule is CCNC(=O)c1ccc(NC(=O)COc2ccc(C(C)(C)C)cc2)cc1. The summed E-state index contributed by atoms with van der Waals surface area (Å²) >= 11 is 0. The topological polar surface area (TPSA) is 67.4 Å². The fourth-order valence-corrected chi connectivity index (χ4v) is 2.36. The van der Waals surface area contributed by atoms with E-state index in [0.29, 0.717) is 23.5 Å². The number of hydrogen-bond donors (Lipinski definition) is 2. The third kappa shape index (κ3) is 5.62. The number of carbonyl (C=O) groups is 2. The first-order valence-corrected chi connectivity index (χ1v) is 8.71. The van der Waals surface area contributed by atoms with E-state index in [1.54, 1.807) is 24.3 Å². The maximum atomic E-state index is 12.0. The van der Waals surface area contributed by atoms with Gasteiger partial charge >= 0.3 is 0 Å². The lowest BCUT2D eigenvalue weighted by Crippen LogP contribution is -2.23. The van der Waals surface area contributed by atoms with Crippen LogP contribution in [-0.4, -0.2) is 25.0 Å². The van der Waals surface area contributed by atoms with Crippen LogP contribution >= 0.6 is 0 Å². The lowest BCUT2D eigenvalue weighted by Gasteiger charge is -2.19. The third-order valence-corrected chi connectivity index (χ3v) is 3.86. The maximum absolute atomic E-state index is 12.0. The molecular weight excluding hydrogens is 328 g/mol. The van der Waals surface area contributed by atoms with Crippen molar-refractivity contribution in [1.29, 1.82) is 0 Å². The van der Waals surface area contributed by atoms with Crippen LogP contribution in [0, 0.1) is 0 Å². The second-order valence-corrected chi connectivity index (χ2v) is 7.05. The summed E-state index contributed by atoms with van der Waals surface area (Å²) in [6, 6.07) is 14.5. The third-order valence-electron chi connectivity index (χ3n) is 3.86. The van der Waals surface area contributed by atoms with Crippen molar-refractivity contribution in [2.45, 2.75) is 33.1 Å². The van der Waals surface area contributed by atoms with Crippen molar-refractivity contribution in [3.8, 4) is 5.75 Å². The minimum absolute atomic E-state index is 0.0765. The highest BCUT2D eigenvalue weighted by Crippen LogP contribution is 2.24. The molecule has 0 aliphatic rings. The molecule has 0 spiro atoms. The molecule has 0 unspecified atom stereocenters. The molecule has 5 nitrogen and oxygen atoms in total. The van der Waals surface area contributed by atoms with Crippen LogP contribution in [0.25, 0.3) is 0 Å². The quantitative estimate of drug-likeness (QED) is 0.830. The molecule has 0 bridgehead atoms. The monoisotopic (exact) mass is 354 g/mol. The first-order chi connectivity index (χ1) is 12.3. The van der Waals surface area contributed by atoms with E-state index in [4.69, 9.17) is 4.74 Å². The fourth-order valence-electron chi connectivity index (χ4n) is 2.36. The molecule has 0 saturated carbocycles. The standard InChI is InChI=1S/C21H26N2O3/c1-5-22-20(25)15-6-10-17(11-7-15)23-19(24)14-26-18-12-8-16(9-13-18)21(2,3)4/h6-13H,5,14H2,1-4H3,(H,22,25)(H,23,24). The zero-order valence-electron chi connectivity index (χ0n) is 15.8. The van der Waals surface area contributed by atoms with Crippen molar-refractivity contribution in [2.24, 2.45) is 0 Å². The Bertz CT molecular complexity index is 744. The molecule has 138 valence electrons. The largest absolute Gasteiger partial charge is 0.484 e. The lowest BCUT2D eigenvalue weighted by molar-refractivity contribution is -0.118. The number of ether oxygens (including phenoxy) is 1. The molecular formula is C21H26N2O3. The zero-order valence-corrected chi connectivity index (χ0v) is 15.8. The Morgan fingerprint density at radius 3 is 2.12 bits per heavy atom. The minimum atomic E-state index is -0.254. The molecule has 0 aliphatic heterocycles. The molecule has 26 heavy (non-hydrogen) atoms. The van der Waals surface area contributed by atoms with Crippen LogP contribution < -0.4 is 15.4 Å². The first-order valence-electron chi connectivity index (χ1n) is 8.71. The van der Waals surface area contributed by atoms with Crippen LogP contribution in [0.5, 0.6) is 5.75 Å². The Morgan fingerprint density at radius 1 is 0.962 bits per heavy atom. The summed E-state index contributed by atoms with van der Waals surface area (Å²) < 4.78 is 5.53. The molecule has 0 atom stereocenters. The van der Waals surface area contributed by atoms with Gasteiger partial charge in [-0.2, -0.15) is 0 Å². The Morgan fingerprint density at radius 2 is 1.58 bits per heavy atom. The molecule has 0 heterocycles. The summed E-state index contributed by atoms with van der Waals surface area (Å²) in [6.45, 7) is 8.80. The zero-order chi connectivity index (χ0) is 19.2. The highest BCUT2D eigenvalue weighted by Gasteiger charge is 2.13. The number of amides is 2. The van der Waals surface area contributed by atoms with Crippen LogP contribution in [-0.2, 0) is 10.2 Å². The van der Waals surface area contributed by atoms with Gasteiger partial charge in [-0.25, -0.2) is 0 Å². The van der Waals surface area contributed by atoms with Crippen molar-refractivity contribution in [2.75, 3.05) is 18.5 Å². The summed E-state index contributed by atoms with van der Waals surface area (Å²) in [5.74, 6) is 0.266. The lowest BCUT2D eigenvalue weighted by atomic mass is 9.87. The molecule has 2 aromatic rings. The number of rotatable bonds is 6. The van der Waals surface area contributed by atoms with Crippen LogP contribution in [0.4, 0.5) is 5.69 Å². The summed E-state index contributed by atoms with van der Waals surface area (Å²) in [5.41, 5.74) is 2.46. The molecule has 0 aliphatic carbocycles. The van der Waals surface area contributed by atoms with E-state index in [0.717, 1.165) is 0 Å². The van der Waals surface area contributed by atoms with Gasteiger partial charge in [0.1, 0.15) is 5.75 Å². The Hall–Kier alpha value is -2.82. The van der Waals surface area contributed by atoms with Gasteiger partial charge in [-0.05, 0) is 54.3 Å². The van der Waals surface area contributed by atoms with Gasteiger partial charge < -0.3 is 15.4 Å². The van der Waals surface area contributed by atoms with Gasteiger partial charge in [-0.3, -0.25) is 9.59 Å². The Balaban J connectivity index is 1.86. The van der Waals surface area contributed by atoms with E-state index >= 15 is 0 Å². The number of nitrogens with one attached hydrogen (secondary N) is 2. The van der Waals surface area contributed by atoms with Crippen LogP contribution in [0.15, 0.2) is 48.5 Å². The van der Waals surface area contributed by atoms with Crippen molar-refractivity contribution in [3.63, 3.8) is 0 Å². The van der Waals surface area contributed by atoms with Crippen LogP contribution in [0.3, 0.4) is 0 Å². The molecule has 2 rings (SSSR count). The molecule has 2 N–H and O–H groups in total. The van der Waals surface area contributed by atoms with Gasteiger partial charge in [0.25, 0.3) is 11.8 Å². The van der Waals surface area contributed by atoms with Gasteiger partial charge in [0.2, 0.25) is 0 Å². The van der Waals surface area contributed by atoms with E-state index < -0.39 is 0 Å². The fraction of sp³-hybridized carbons (Fsp3) is 0.333. The second kappa shape index (κ2) is 8.52.